The molecular formula is C19H29NO3. The molecule has 3 rings (SSSR count). The molecular weight excluding hydrogens is 290 g/mol. The molecule has 2 heterocycles. The number of rotatable bonds is 4. The molecule has 0 saturated carbocycles. The lowest BCUT2D eigenvalue weighted by Crippen LogP contribution is -2.48. The molecule has 0 spiro atoms. The number of hydrogen-bond donors (Lipinski definition) is 1. The first-order chi connectivity index (χ1) is 16.0. The van der Waals surface area contributed by atoms with Crippen LogP contribution in [0.25, 0.3) is 0 Å². The number of ether oxygens (including phenoxy) is 2. The summed E-state index contributed by atoms with van der Waals surface area (Å²) in [7, 11) is -2.12. The first kappa shape index (κ1) is 6.93. The van der Waals surface area contributed by atoms with Gasteiger partial charge in [0.05, 0.1) is 28.5 Å². The monoisotopic (exact) mass is 332 g/mol. The summed E-state index contributed by atoms with van der Waals surface area (Å²) in [6.07, 6.45) is -9.66. The fraction of sp³-hybridized carbons (Fsp3) is 0.684. The molecule has 1 saturated heterocycles. The predicted molar refractivity (Wildman–Crippen MR) is 91.1 cm³/mol. The second kappa shape index (κ2) is 6.70. The van der Waals surface area contributed by atoms with Gasteiger partial charge in [-0.05, 0) is 54.2 Å². The van der Waals surface area contributed by atoms with E-state index in [1.807, 2.05) is 0 Å². The molecule has 4 heteroatoms. The van der Waals surface area contributed by atoms with E-state index < -0.39 is 85.6 Å². The van der Waals surface area contributed by atoms with E-state index in [4.69, 9.17) is 27.3 Å². The van der Waals surface area contributed by atoms with Gasteiger partial charge in [-0.3, -0.25) is 4.90 Å². The van der Waals surface area contributed by atoms with Crippen LogP contribution in [0.5, 0.6) is 11.5 Å². The maximum Gasteiger partial charge on any atom is 0.161 e. The minimum atomic E-state index is -3.19. The molecule has 128 valence electrons. The number of fused-ring (bicyclic) bond motifs is 3. The van der Waals surface area contributed by atoms with Crippen molar-refractivity contribution in [3.63, 3.8) is 0 Å². The van der Waals surface area contributed by atoms with Crippen LogP contribution in [-0.2, 0) is 6.37 Å². The zero-order valence-electron chi connectivity index (χ0n) is 26.3. The summed E-state index contributed by atoms with van der Waals surface area (Å²) in [5.41, 5.74) is -1.43. The summed E-state index contributed by atoms with van der Waals surface area (Å²) < 4.78 is 119. The number of aliphatic hydroxyl groups is 1. The lowest BCUT2D eigenvalue weighted by atomic mass is 9.79. The third-order valence-corrected chi connectivity index (χ3v) is 3.80. The minimum absolute atomic E-state index is 0.227. The van der Waals surface area contributed by atoms with E-state index in [1.165, 1.54) is 0 Å². The van der Waals surface area contributed by atoms with Crippen molar-refractivity contribution in [2.45, 2.75) is 45.1 Å². The molecule has 0 radical (unpaired) electrons. The van der Waals surface area contributed by atoms with E-state index in [0.29, 0.717) is 4.90 Å². The lowest BCUT2D eigenvalue weighted by molar-refractivity contribution is -0.0191. The predicted octanol–water partition coefficient (Wildman–Crippen LogP) is 3.03. The number of piperidine rings is 1. The summed E-state index contributed by atoms with van der Waals surface area (Å²) in [4.78, 5) is 0.663. The highest BCUT2D eigenvalue weighted by Crippen LogP contribution is 2.43. The summed E-state index contributed by atoms with van der Waals surface area (Å²) in [5.74, 6) is -4.09. The van der Waals surface area contributed by atoms with Crippen LogP contribution in [0.2, 0.25) is 0 Å². The van der Waals surface area contributed by atoms with Gasteiger partial charge in [0.2, 0.25) is 0 Å². The highest BCUT2D eigenvalue weighted by atomic mass is 16.5. The second-order valence-corrected chi connectivity index (χ2v) is 5.96. The first-order valence-electron chi connectivity index (χ1n) is 13.9. The molecule has 4 nitrogen and oxygen atoms in total. The van der Waals surface area contributed by atoms with Gasteiger partial charge in [-0.15, -0.1) is 0 Å². The van der Waals surface area contributed by atoms with E-state index in [9.17, 15) is 5.11 Å². The van der Waals surface area contributed by atoms with Crippen LogP contribution in [0.1, 0.15) is 61.6 Å². The van der Waals surface area contributed by atoms with Crippen molar-refractivity contribution in [1.82, 2.24) is 4.90 Å². The van der Waals surface area contributed by atoms with Crippen molar-refractivity contribution in [1.29, 1.82) is 0 Å². The van der Waals surface area contributed by atoms with Crippen LogP contribution in [0, 0.1) is 11.8 Å². The van der Waals surface area contributed by atoms with Crippen LogP contribution < -0.4 is 9.47 Å². The molecule has 1 N–H and O–H groups in total. The molecule has 2 aliphatic heterocycles. The molecule has 2 aliphatic rings. The Labute approximate surface area is 157 Å². The average Bonchev–Trinajstić information content (AvgIpc) is 2.67. The zero-order valence-corrected chi connectivity index (χ0v) is 13.3. The molecule has 0 bridgehead atoms. The normalized spacial score (nSPS) is 49.3. The SMILES string of the molecule is [2H]c1c(OC([2H])([2H])[2H])c(OC)c([2H])c2c1C1N(CC([2H])(CC(C)C)C([2H])(O)C1([2H])[2H])C([2H])([2H])C2([2H])[2H]. The molecule has 3 atom stereocenters. The van der Waals surface area contributed by atoms with Crippen molar-refractivity contribution < 1.29 is 32.4 Å². The largest absolute Gasteiger partial charge is 0.493 e. The van der Waals surface area contributed by atoms with E-state index in [0.717, 1.165) is 7.11 Å². The summed E-state index contributed by atoms with van der Waals surface area (Å²) in [6.45, 7) is -0.508. The van der Waals surface area contributed by atoms with E-state index in [2.05, 4.69) is 0 Å². The standard InChI is InChI=1S/C19H29NO3/c1-12(2)7-14-11-20-6-5-13-8-18(22-3)19(23-4)9-15(13)16(20)10-17(14)21/h8-9,12,14,16-17,21H,5-7,10-11H2,1-4H3/i4D3,5D2,6D2,8D,9D,10D2,14D,17D. The van der Waals surface area contributed by atoms with Crippen molar-refractivity contribution >= 4 is 0 Å². The van der Waals surface area contributed by atoms with E-state index in [1.54, 1.807) is 13.8 Å². The molecule has 0 amide bonds. The van der Waals surface area contributed by atoms with Gasteiger partial charge in [-0.2, -0.15) is 0 Å². The Balaban J connectivity index is 2.48. The maximum atomic E-state index is 11.2. The number of methoxy groups -OCH3 is 2. The molecule has 1 fully saturated rings. The van der Waals surface area contributed by atoms with Gasteiger partial charge < -0.3 is 14.6 Å². The highest BCUT2D eigenvalue weighted by Gasteiger charge is 2.38. The Bertz CT molecular complexity index is 1060. The fourth-order valence-corrected chi connectivity index (χ4v) is 2.79. The Morgan fingerprint density at radius 2 is 2.26 bits per heavy atom. The molecule has 3 unspecified atom stereocenters. The van der Waals surface area contributed by atoms with Crippen LogP contribution in [0.3, 0.4) is 0 Å². The molecule has 23 heavy (non-hydrogen) atoms. The van der Waals surface area contributed by atoms with E-state index >= 15 is 0 Å². The summed E-state index contributed by atoms with van der Waals surface area (Å²) in [6, 6.07) is -3.78. The van der Waals surface area contributed by atoms with Gasteiger partial charge >= 0.3 is 0 Å². The topological polar surface area (TPSA) is 41.9 Å². The Morgan fingerprint density at radius 1 is 1.48 bits per heavy atom. The Kier molecular flexibility index (Phi) is 2.02. The number of hydrogen-bond acceptors (Lipinski definition) is 4. The van der Waals surface area contributed by atoms with Gasteiger partial charge in [0.1, 0.15) is 0 Å². The van der Waals surface area contributed by atoms with Gasteiger partial charge in [-0.25, -0.2) is 0 Å². The lowest BCUT2D eigenvalue weighted by Gasteiger charge is -2.46. The number of benzene rings is 1. The summed E-state index contributed by atoms with van der Waals surface area (Å²) >= 11 is 0. The summed E-state index contributed by atoms with van der Waals surface area (Å²) in [5, 5.41) is 11.2. The molecule has 1 aromatic rings. The smallest absolute Gasteiger partial charge is 0.161 e. The van der Waals surface area contributed by atoms with Crippen molar-refractivity contribution in [2.75, 3.05) is 27.2 Å². The minimum Gasteiger partial charge on any atom is -0.493 e. The maximum absolute atomic E-state index is 11.2. The van der Waals surface area contributed by atoms with Gasteiger partial charge in [0.15, 0.2) is 11.5 Å². The van der Waals surface area contributed by atoms with Crippen LogP contribution >= 0.6 is 0 Å². The first-order valence-corrected chi connectivity index (χ1v) is 7.39. The van der Waals surface area contributed by atoms with Crippen molar-refractivity contribution in [2.24, 2.45) is 11.8 Å². The van der Waals surface area contributed by atoms with E-state index in [-0.39, 0.29) is 12.3 Å². The average molecular weight is 333 g/mol. The highest BCUT2D eigenvalue weighted by molar-refractivity contribution is 5.49. The third-order valence-electron chi connectivity index (χ3n) is 3.80. The van der Waals surface area contributed by atoms with Crippen LogP contribution in [-0.4, -0.2) is 43.3 Å². The Hall–Kier alpha value is -1.26. The van der Waals surface area contributed by atoms with Crippen molar-refractivity contribution in [3.05, 3.63) is 23.2 Å². The van der Waals surface area contributed by atoms with Crippen LogP contribution in [0.4, 0.5) is 0 Å². The Morgan fingerprint density at radius 3 is 2.96 bits per heavy atom. The van der Waals surface area contributed by atoms with Gasteiger partial charge in [-0.1, -0.05) is 13.8 Å². The van der Waals surface area contributed by atoms with Gasteiger partial charge in [0, 0.05) is 28.7 Å². The second-order valence-electron chi connectivity index (χ2n) is 5.96. The van der Waals surface area contributed by atoms with Crippen molar-refractivity contribution in [3.8, 4) is 11.5 Å². The number of nitrogens with zero attached hydrogens (tertiary/aromatic N) is 1. The molecule has 1 aromatic carbocycles. The van der Waals surface area contributed by atoms with Gasteiger partial charge in [0.25, 0.3) is 0 Å². The molecule has 0 aromatic heterocycles. The fourth-order valence-electron chi connectivity index (χ4n) is 2.79. The third kappa shape index (κ3) is 3.20. The quantitative estimate of drug-likeness (QED) is 0.920. The molecule has 0 aliphatic carbocycles. The zero-order chi connectivity index (χ0) is 28.0. The van der Waals surface area contributed by atoms with Crippen LogP contribution in [0.15, 0.2) is 12.1 Å².